The lowest BCUT2D eigenvalue weighted by Gasteiger charge is -2.06. The first-order chi connectivity index (χ1) is 4.20. The van der Waals surface area contributed by atoms with E-state index in [-0.39, 0.29) is 19.5 Å². The van der Waals surface area contributed by atoms with Crippen molar-refractivity contribution in [2.45, 2.75) is 18.8 Å². The summed E-state index contributed by atoms with van der Waals surface area (Å²) in [6.07, 6.45) is -2.67. The molecule has 0 rings (SSSR count). The van der Waals surface area contributed by atoms with Gasteiger partial charge in [-0.1, -0.05) is 0 Å². The molecule has 0 radical (unpaired) electrons. The van der Waals surface area contributed by atoms with Gasteiger partial charge in [-0.25, -0.2) is 8.78 Å². The predicted molar refractivity (Wildman–Crippen MR) is 32.5 cm³/mol. The van der Waals surface area contributed by atoms with Crippen molar-refractivity contribution in [3.05, 3.63) is 0 Å². The van der Waals surface area contributed by atoms with Crippen LogP contribution in [-0.4, -0.2) is 25.4 Å². The van der Waals surface area contributed by atoms with Crippen LogP contribution in [0.3, 0.4) is 0 Å². The van der Waals surface area contributed by atoms with Crippen molar-refractivity contribution in [3.63, 3.8) is 0 Å². The quantitative estimate of drug-likeness (QED) is 0.573. The Morgan fingerprint density at radius 1 is 1.00 bits per heavy atom. The van der Waals surface area contributed by atoms with Crippen molar-refractivity contribution in [2.24, 2.45) is 11.5 Å². The van der Waals surface area contributed by atoms with Gasteiger partial charge in [-0.2, -0.15) is 0 Å². The fraction of sp³-hybridized carbons (Fsp3) is 1.00. The third-order valence-electron chi connectivity index (χ3n) is 1.02. The highest BCUT2D eigenvalue weighted by atomic mass is 19.1. The summed E-state index contributed by atoms with van der Waals surface area (Å²) in [5.41, 5.74) is 9.79. The van der Waals surface area contributed by atoms with Gasteiger partial charge >= 0.3 is 0 Å². The Hall–Kier alpha value is -0.220. The van der Waals surface area contributed by atoms with Crippen molar-refractivity contribution >= 4 is 0 Å². The zero-order valence-corrected chi connectivity index (χ0v) is 5.19. The molecule has 0 aromatic carbocycles. The van der Waals surface area contributed by atoms with Gasteiger partial charge in [0.1, 0.15) is 12.3 Å². The lowest BCUT2D eigenvalue weighted by Crippen LogP contribution is -2.24. The number of hydrogen-bond donors (Lipinski definition) is 2. The second kappa shape index (κ2) is 4.64. The Labute approximate surface area is 53.2 Å². The largest absolute Gasteiger partial charge is 0.328 e. The molecule has 2 unspecified atom stereocenters. The van der Waals surface area contributed by atoms with Gasteiger partial charge in [0.05, 0.1) is 0 Å². The second-order valence-electron chi connectivity index (χ2n) is 1.90. The fourth-order valence-corrected chi connectivity index (χ4v) is 0.470. The lowest BCUT2D eigenvalue weighted by molar-refractivity contribution is 0.228. The zero-order chi connectivity index (χ0) is 7.28. The molecule has 0 saturated carbocycles. The number of alkyl halides is 2. The van der Waals surface area contributed by atoms with E-state index >= 15 is 0 Å². The molecular formula is C5H12F2N2. The molecule has 2 nitrogen and oxygen atoms in total. The van der Waals surface area contributed by atoms with Crippen LogP contribution in [0.2, 0.25) is 0 Å². The smallest absolute Gasteiger partial charge is 0.115 e. The van der Waals surface area contributed by atoms with Gasteiger partial charge in [0.15, 0.2) is 0 Å². The summed E-state index contributed by atoms with van der Waals surface area (Å²) >= 11 is 0. The summed E-state index contributed by atoms with van der Waals surface area (Å²) in [5.74, 6) is 0. The number of rotatable bonds is 4. The van der Waals surface area contributed by atoms with E-state index < -0.39 is 12.3 Å². The molecule has 0 aliphatic carbocycles. The first-order valence-electron chi connectivity index (χ1n) is 2.89. The molecule has 0 aliphatic heterocycles. The minimum absolute atomic E-state index is 0.125. The number of halogens is 2. The number of hydrogen-bond acceptors (Lipinski definition) is 2. The highest BCUT2D eigenvalue weighted by molar-refractivity contribution is 4.64. The van der Waals surface area contributed by atoms with Gasteiger partial charge in [0, 0.05) is 19.5 Å². The highest BCUT2D eigenvalue weighted by Gasteiger charge is 2.10. The molecule has 0 aromatic rings. The first kappa shape index (κ1) is 8.78. The van der Waals surface area contributed by atoms with E-state index in [0.29, 0.717) is 0 Å². The average molecular weight is 138 g/mol. The maximum atomic E-state index is 12.1. The SMILES string of the molecule is NCC(F)CC(F)CN. The van der Waals surface area contributed by atoms with Gasteiger partial charge in [0.2, 0.25) is 0 Å². The van der Waals surface area contributed by atoms with Crippen LogP contribution in [0, 0.1) is 0 Å². The maximum Gasteiger partial charge on any atom is 0.115 e. The summed E-state index contributed by atoms with van der Waals surface area (Å²) in [7, 11) is 0. The Balaban J connectivity index is 3.22. The molecule has 0 saturated heterocycles. The van der Waals surface area contributed by atoms with Gasteiger partial charge in [-0.15, -0.1) is 0 Å². The van der Waals surface area contributed by atoms with Crippen LogP contribution in [0.15, 0.2) is 0 Å². The lowest BCUT2D eigenvalue weighted by atomic mass is 10.2. The summed E-state index contributed by atoms with van der Waals surface area (Å²) in [6.45, 7) is -0.249. The molecule has 0 amide bonds. The monoisotopic (exact) mass is 138 g/mol. The van der Waals surface area contributed by atoms with Crippen LogP contribution in [0.1, 0.15) is 6.42 Å². The molecule has 56 valence electrons. The van der Waals surface area contributed by atoms with Gasteiger partial charge in [0.25, 0.3) is 0 Å². The van der Waals surface area contributed by atoms with E-state index in [0.717, 1.165) is 0 Å². The standard InChI is InChI=1S/C5H12F2N2/c6-4(2-8)1-5(7)3-9/h4-5H,1-3,8-9H2. The van der Waals surface area contributed by atoms with Gasteiger partial charge in [-0.3, -0.25) is 0 Å². The van der Waals surface area contributed by atoms with E-state index in [2.05, 4.69) is 0 Å². The molecule has 0 aromatic heterocycles. The summed E-state index contributed by atoms with van der Waals surface area (Å²) < 4.78 is 24.3. The zero-order valence-electron chi connectivity index (χ0n) is 5.19. The van der Waals surface area contributed by atoms with Crippen LogP contribution in [-0.2, 0) is 0 Å². The molecule has 9 heavy (non-hydrogen) atoms. The molecule has 2 atom stereocenters. The van der Waals surface area contributed by atoms with Crippen LogP contribution in [0.4, 0.5) is 8.78 Å². The number of nitrogens with two attached hydrogens (primary N) is 2. The van der Waals surface area contributed by atoms with Crippen molar-refractivity contribution < 1.29 is 8.78 Å². The summed E-state index contributed by atoms with van der Waals surface area (Å²) in [5, 5.41) is 0. The highest BCUT2D eigenvalue weighted by Crippen LogP contribution is 2.02. The molecular weight excluding hydrogens is 126 g/mol. The third-order valence-corrected chi connectivity index (χ3v) is 1.02. The maximum absolute atomic E-state index is 12.1. The average Bonchev–Trinajstić information content (AvgIpc) is 1.87. The van der Waals surface area contributed by atoms with Crippen molar-refractivity contribution in [1.82, 2.24) is 0 Å². The summed E-state index contributed by atoms with van der Waals surface area (Å²) in [6, 6.07) is 0. The van der Waals surface area contributed by atoms with E-state index in [1.807, 2.05) is 0 Å². The summed E-state index contributed by atoms with van der Waals surface area (Å²) in [4.78, 5) is 0. The minimum Gasteiger partial charge on any atom is -0.328 e. The van der Waals surface area contributed by atoms with Crippen LogP contribution in [0.25, 0.3) is 0 Å². The molecule has 0 spiro atoms. The third kappa shape index (κ3) is 4.29. The Morgan fingerprint density at radius 2 is 1.33 bits per heavy atom. The Kier molecular flexibility index (Phi) is 4.53. The minimum atomic E-state index is -1.25. The van der Waals surface area contributed by atoms with E-state index in [4.69, 9.17) is 11.5 Å². The van der Waals surface area contributed by atoms with Gasteiger partial charge in [-0.05, 0) is 0 Å². The predicted octanol–water partition coefficient (Wildman–Crippen LogP) is -0.0299. The van der Waals surface area contributed by atoms with Crippen LogP contribution < -0.4 is 11.5 Å². The van der Waals surface area contributed by atoms with E-state index in [1.165, 1.54) is 0 Å². The second-order valence-corrected chi connectivity index (χ2v) is 1.90. The molecule has 4 heteroatoms. The van der Waals surface area contributed by atoms with Gasteiger partial charge < -0.3 is 11.5 Å². The first-order valence-corrected chi connectivity index (χ1v) is 2.89. The molecule has 0 fully saturated rings. The Bertz CT molecular complexity index is 62.0. The normalized spacial score (nSPS) is 17.3. The van der Waals surface area contributed by atoms with Crippen molar-refractivity contribution in [3.8, 4) is 0 Å². The van der Waals surface area contributed by atoms with Crippen molar-refractivity contribution in [2.75, 3.05) is 13.1 Å². The van der Waals surface area contributed by atoms with Crippen LogP contribution in [0.5, 0.6) is 0 Å². The van der Waals surface area contributed by atoms with E-state index in [9.17, 15) is 8.78 Å². The van der Waals surface area contributed by atoms with E-state index in [1.54, 1.807) is 0 Å². The van der Waals surface area contributed by atoms with Crippen LogP contribution >= 0.6 is 0 Å². The molecule has 0 bridgehead atoms. The molecule has 4 N–H and O–H groups in total. The molecule has 0 heterocycles. The van der Waals surface area contributed by atoms with Crippen molar-refractivity contribution in [1.29, 1.82) is 0 Å². The Morgan fingerprint density at radius 3 is 1.56 bits per heavy atom. The molecule has 0 aliphatic rings. The topological polar surface area (TPSA) is 52.0 Å². The fourth-order valence-electron chi connectivity index (χ4n) is 0.470.